The fourth-order valence-corrected chi connectivity index (χ4v) is 7.80. The summed E-state index contributed by atoms with van der Waals surface area (Å²) in [6.45, 7) is 4.15. The van der Waals surface area contributed by atoms with Gasteiger partial charge in [-0.15, -0.1) is 0 Å². The summed E-state index contributed by atoms with van der Waals surface area (Å²) >= 11 is 0. The third-order valence-corrected chi connectivity index (χ3v) is 10.3. The average Bonchev–Trinajstić information content (AvgIpc) is 3.22. The molecule has 4 aromatic carbocycles. The number of aliphatic hydroxyl groups excluding tert-OH is 1. The summed E-state index contributed by atoms with van der Waals surface area (Å²) in [7, 11) is 0. The van der Waals surface area contributed by atoms with Crippen molar-refractivity contribution in [3.05, 3.63) is 174 Å². The molecule has 1 atom stereocenters. The van der Waals surface area contributed by atoms with Gasteiger partial charge in [-0.2, -0.15) is 0 Å². The summed E-state index contributed by atoms with van der Waals surface area (Å²) < 4.78 is 0. The van der Waals surface area contributed by atoms with Gasteiger partial charge >= 0.3 is 39.0 Å². The molecule has 8 nitrogen and oxygen atoms in total. The van der Waals surface area contributed by atoms with Gasteiger partial charge in [0.25, 0.3) is 0 Å². The van der Waals surface area contributed by atoms with E-state index in [0.717, 1.165) is 54.3 Å². The monoisotopic (exact) mass is 853 g/mol. The minimum Gasteiger partial charge on any atom is -0.390 e. The Morgan fingerprint density at radius 2 is 1.05 bits per heavy atom. The van der Waals surface area contributed by atoms with Crippen molar-refractivity contribution in [2.24, 2.45) is 0 Å². The molecule has 0 amide bonds. The topological polar surface area (TPSA) is 90.3 Å². The van der Waals surface area contributed by atoms with Gasteiger partial charge in [0.05, 0.1) is 34.6 Å². The summed E-state index contributed by atoms with van der Waals surface area (Å²) in [5, 5.41) is 23.4. The summed E-state index contributed by atoms with van der Waals surface area (Å²) in [5.41, 5.74) is 6.25. The van der Waals surface area contributed by atoms with Crippen LogP contribution in [0.2, 0.25) is 0 Å². The second-order valence-electron chi connectivity index (χ2n) is 14.4. The molecule has 1 unspecified atom stereocenters. The van der Waals surface area contributed by atoms with Crippen LogP contribution in [0.25, 0.3) is 32.3 Å². The van der Waals surface area contributed by atoms with E-state index in [9.17, 15) is 5.11 Å². The van der Waals surface area contributed by atoms with Crippen molar-refractivity contribution >= 4 is 38.0 Å². The van der Waals surface area contributed by atoms with Crippen LogP contribution in [0.5, 0.6) is 0 Å². The van der Waals surface area contributed by atoms with Crippen LogP contribution in [0.4, 0.5) is 5.69 Å². The van der Waals surface area contributed by atoms with Gasteiger partial charge in [0.1, 0.15) is 0 Å². The van der Waals surface area contributed by atoms with Crippen molar-refractivity contribution in [2.45, 2.75) is 51.5 Å². The molecule has 57 heavy (non-hydrogen) atoms. The molecule has 8 aromatic rings. The number of hydrogen-bond acceptors (Lipinski definition) is 8. The molecular weight excluding hydrogens is 809 g/mol. The van der Waals surface area contributed by atoms with E-state index in [4.69, 9.17) is 4.98 Å². The fraction of sp³-hybridized carbons (Fsp3) is 0.234. The maximum Gasteiger partial charge on any atom is 2.00 e. The predicted molar refractivity (Wildman–Crippen MR) is 223 cm³/mol. The van der Waals surface area contributed by atoms with E-state index in [-0.39, 0.29) is 39.0 Å². The first-order chi connectivity index (χ1) is 27.2. The number of aromatic nitrogens is 4. The van der Waals surface area contributed by atoms with Crippen molar-refractivity contribution in [1.29, 1.82) is 0 Å². The number of unbranched alkanes of at least 4 members (excludes halogenated alkanes) is 1. The number of rotatable bonds is 18. The Kier molecular flexibility index (Phi) is 15.3. The molecule has 0 saturated heterocycles. The molecule has 0 saturated carbocycles. The quantitative estimate of drug-likeness (QED) is 0.0504. The molecule has 8 rings (SSSR count). The first-order valence-corrected chi connectivity index (χ1v) is 19.3. The standard InChI is InChI=1S/C47H47N7O.2Zn/c55-42(32-53(29-39-14-2-6-24-48-39)30-40-15-3-7-25-49-40)33-54(31-41-16-4-8-26-50-41)34-45-44(17-10-28-52-45)51-27-5-1-11-35-18-19-38-21-20-36-12-9-13-37-22-23-43(35)47(38)46(36)37;;/h2-4,6-10,12-26,28,42,51,55H,1,5,11,27,29-34H2;;/q;2*+2. The second-order valence-corrected chi connectivity index (χ2v) is 14.4. The molecule has 0 aliphatic carbocycles. The first-order valence-electron chi connectivity index (χ1n) is 19.3. The fourth-order valence-electron chi connectivity index (χ4n) is 7.80. The molecule has 4 aromatic heterocycles. The van der Waals surface area contributed by atoms with Crippen LogP contribution < -0.4 is 5.32 Å². The van der Waals surface area contributed by atoms with E-state index < -0.39 is 6.10 Å². The van der Waals surface area contributed by atoms with Gasteiger partial charge in [-0.1, -0.05) is 72.8 Å². The Labute approximate surface area is 360 Å². The number of nitrogens with one attached hydrogen (secondary N) is 1. The molecule has 0 spiro atoms. The van der Waals surface area contributed by atoms with Gasteiger partial charge in [0.15, 0.2) is 0 Å². The molecule has 0 aliphatic heterocycles. The zero-order chi connectivity index (χ0) is 37.2. The number of aryl methyl sites for hydroxylation is 1. The largest absolute Gasteiger partial charge is 2.00 e. The van der Waals surface area contributed by atoms with E-state index in [1.807, 2.05) is 85.5 Å². The Morgan fingerprint density at radius 1 is 0.509 bits per heavy atom. The molecule has 276 valence electrons. The summed E-state index contributed by atoms with van der Waals surface area (Å²) in [6, 6.07) is 42.2. The minimum atomic E-state index is -0.629. The molecule has 0 radical (unpaired) electrons. The summed E-state index contributed by atoms with van der Waals surface area (Å²) in [6.07, 6.45) is 9.82. The van der Waals surface area contributed by atoms with Gasteiger partial charge in [-0.3, -0.25) is 29.7 Å². The normalized spacial score (nSPS) is 11.9. The van der Waals surface area contributed by atoms with Crippen LogP contribution in [0, 0.1) is 0 Å². The van der Waals surface area contributed by atoms with Crippen LogP contribution in [0.15, 0.2) is 146 Å². The van der Waals surface area contributed by atoms with Crippen molar-refractivity contribution in [3.63, 3.8) is 0 Å². The van der Waals surface area contributed by atoms with Crippen LogP contribution in [-0.4, -0.2) is 60.6 Å². The molecule has 4 heterocycles. The number of anilines is 1. The third kappa shape index (κ3) is 10.9. The number of aliphatic hydroxyl groups is 1. The SMILES string of the molecule is OC(CN(Cc1ccccn1)Cc1ccccn1)CN(Cc1ccccn1)Cc1ncccc1NCCCCc1ccc2ccc3cccc4ccc1c2c34.[Zn+2].[Zn+2]. The van der Waals surface area contributed by atoms with Crippen LogP contribution in [-0.2, 0) is 71.6 Å². The Balaban J connectivity index is 0.00000275. The second kappa shape index (κ2) is 20.7. The van der Waals surface area contributed by atoms with Gasteiger partial charge < -0.3 is 10.4 Å². The zero-order valence-electron chi connectivity index (χ0n) is 32.5. The minimum absolute atomic E-state index is 0. The maximum absolute atomic E-state index is 11.6. The Hall–Kier alpha value is -4.55. The smallest absolute Gasteiger partial charge is 0.390 e. The Morgan fingerprint density at radius 3 is 1.65 bits per heavy atom. The number of hydrogen-bond donors (Lipinski definition) is 2. The van der Waals surface area contributed by atoms with Gasteiger partial charge in [0.2, 0.25) is 0 Å². The third-order valence-electron chi connectivity index (χ3n) is 10.3. The average molecular weight is 857 g/mol. The number of nitrogens with zero attached hydrogens (tertiary/aromatic N) is 6. The Bertz CT molecular complexity index is 2360. The van der Waals surface area contributed by atoms with Crippen molar-refractivity contribution < 1.29 is 44.1 Å². The maximum atomic E-state index is 11.6. The van der Waals surface area contributed by atoms with Crippen LogP contribution in [0.3, 0.4) is 0 Å². The molecule has 10 heteroatoms. The van der Waals surface area contributed by atoms with Crippen molar-refractivity contribution in [3.8, 4) is 0 Å². The van der Waals surface area contributed by atoms with Crippen molar-refractivity contribution in [2.75, 3.05) is 25.0 Å². The van der Waals surface area contributed by atoms with E-state index in [1.165, 1.54) is 37.9 Å². The van der Waals surface area contributed by atoms with Gasteiger partial charge in [-0.05, 0) is 106 Å². The van der Waals surface area contributed by atoms with E-state index in [1.54, 1.807) is 0 Å². The predicted octanol–water partition coefficient (Wildman–Crippen LogP) is 8.66. The van der Waals surface area contributed by atoms with E-state index in [2.05, 4.69) is 90.7 Å². The van der Waals surface area contributed by atoms with Crippen molar-refractivity contribution in [1.82, 2.24) is 29.7 Å². The molecule has 0 aliphatic rings. The van der Waals surface area contributed by atoms with Crippen LogP contribution >= 0.6 is 0 Å². The zero-order valence-corrected chi connectivity index (χ0v) is 38.5. The summed E-state index contributed by atoms with van der Waals surface area (Å²) in [5.74, 6) is 0. The molecule has 2 N–H and O–H groups in total. The van der Waals surface area contributed by atoms with E-state index >= 15 is 0 Å². The van der Waals surface area contributed by atoms with Crippen LogP contribution in [0.1, 0.15) is 41.2 Å². The van der Waals surface area contributed by atoms with E-state index in [0.29, 0.717) is 39.3 Å². The van der Waals surface area contributed by atoms with Gasteiger partial charge in [-0.25, -0.2) is 0 Å². The molecular formula is C47H47N7OZn2+4. The number of pyridine rings is 4. The summed E-state index contributed by atoms with van der Waals surface area (Å²) in [4.78, 5) is 23.0. The van der Waals surface area contributed by atoms with Gasteiger partial charge in [0, 0.05) is 70.6 Å². The first kappa shape index (κ1) is 42.1. The molecule has 0 fully saturated rings. The number of benzene rings is 4. The molecule has 0 bridgehead atoms.